The third-order valence-electron chi connectivity index (χ3n) is 4.15. The number of aromatic nitrogens is 1. The second kappa shape index (κ2) is 7.54. The number of aryl methyl sites for hydroxylation is 1. The van der Waals surface area contributed by atoms with Gasteiger partial charge in [-0.05, 0) is 24.6 Å². The second-order valence-corrected chi connectivity index (χ2v) is 7.89. The van der Waals surface area contributed by atoms with Crippen molar-refractivity contribution in [3.05, 3.63) is 50.7 Å². The molecule has 27 heavy (non-hydrogen) atoms. The Morgan fingerprint density at radius 2 is 1.93 bits per heavy atom. The highest BCUT2D eigenvalue weighted by molar-refractivity contribution is 7.16. The van der Waals surface area contributed by atoms with Crippen molar-refractivity contribution < 1.29 is 14.3 Å². The van der Waals surface area contributed by atoms with Crippen LogP contribution >= 0.6 is 34.5 Å². The molecule has 0 aliphatic carbocycles. The third-order valence-corrected chi connectivity index (χ3v) is 5.74. The Balaban J connectivity index is 1.85. The summed E-state index contributed by atoms with van der Waals surface area (Å²) >= 11 is 13.5. The molecule has 0 radical (unpaired) electrons. The first-order valence-corrected chi connectivity index (χ1v) is 10.1. The summed E-state index contributed by atoms with van der Waals surface area (Å²) in [6, 6.07) is 8.66. The lowest BCUT2D eigenvalue weighted by Crippen LogP contribution is -2.17. The maximum Gasteiger partial charge on any atom is 0.281 e. The predicted molar refractivity (Wildman–Crippen MR) is 107 cm³/mol. The van der Waals surface area contributed by atoms with E-state index in [9.17, 15) is 4.79 Å². The van der Waals surface area contributed by atoms with E-state index < -0.39 is 5.91 Å². The molecule has 4 rings (SSSR count). The minimum atomic E-state index is -0.398. The smallest absolute Gasteiger partial charge is 0.281 e. The van der Waals surface area contributed by atoms with Crippen molar-refractivity contribution in [3.8, 4) is 11.5 Å². The van der Waals surface area contributed by atoms with Gasteiger partial charge >= 0.3 is 0 Å². The summed E-state index contributed by atoms with van der Waals surface area (Å²) < 4.78 is 14.4. The molecular weight excluding hydrogens is 407 g/mol. The molecule has 3 aromatic rings. The van der Waals surface area contributed by atoms with Crippen LogP contribution in [0.2, 0.25) is 10.0 Å². The van der Waals surface area contributed by atoms with E-state index in [0.717, 1.165) is 34.7 Å². The summed E-state index contributed by atoms with van der Waals surface area (Å²) in [6.07, 6.45) is 0.906. The Kier molecular flexibility index (Phi) is 5.12. The lowest BCUT2D eigenvalue weighted by atomic mass is 10.2. The number of amides is 1. The van der Waals surface area contributed by atoms with Gasteiger partial charge < -0.3 is 14.0 Å². The zero-order chi connectivity index (χ0) is 19.0. The SMILES string of the molecule is CCCn1c(=NC(=O)c2ccc(Cl)cc2Cl)sc2cc3c(cc21)OCCO3. The lowest BCUT2D eigenvalue weighted by molar-refractivity contribution is 0.0998. The van der Waals surface area contributed by atoms with Gasteiger partial charge in [-0.2, -0.15) is 4.99 Å². The topological polar surface area (TPSA) is 52.8 Å². The number of halogens is 2. The van der Waals surface area contributed by atoms with Crippen molar-refractivity contribution in [2.75, 3.05) is 13.2 Å². The van der Waals surface area contributed by atoms with Gasteiger partial charge in [-0.15, -0.1) is 0 Å². The average Bonchev–Trinajstić information content (AvgIpc) is 2.96. The fourth-order valence-corrected chi connectivity index (χ4v) is 4.50. The zero-order valence-corrected chi connectivity index (χ0v) is 16.8. The number of rotatable bonds is 3. The number of thiazole rings is 1. The van der Waals surface area contributed by atoms with Gasteiger partial charge in [0.05, 0.1) is 20.8 Å². The Hall–Kier alpha value is -2.02. The average molecular weight is 423 g/mol. The second-order valence-electron chi connectivity index (χ2n) is 6.04. The van der Waals surface area contributed by atoms with Crippen molar-refractivity contribution in [2.24, 2.45) is 4.99 Å². The molecule has 1 amide bonds. The molecule has 2 heterocycles. The molecule has 0 bridgehead atoms. The van der Waals surface area contributed by atoms with E-state index in [4.69, 9.17) is 32.7 Å². The van der Waals surface area contributed by atoms with Gasteiger partial charge in [-0.1, -0.05) is 41.5 Å². The van der Waals surface area contributed by atoms with Crippen LogP contribution in [0.5, 0.6) is 11.5 Å². The summed E-state index contributed by atoms with van der Waals surface area (Å²) in [5, 5.41) is 0.765. The van der Waals surface area contributed by atoms with Gasteiger partial charge in [0.15, 0.2) is 16.3 Å². The van der Waals surface area contributed by atoms with Gasteiger partial charge in [0, 0.05) is 23.7 Å². The molecule has 0 unspecified atom stereocenters. The Labute approximate surface area is 169 Å². The van der Waals surface area contributed by atoms with Crippen LogP contribution in [-0.2, 0) is 6.54 Å². The molecule has 5 nitrogen and oxygen atoms in total. The summed E-state index contributed by atoms with van der Waals surface area (Å²) in [7, 11) is 0. The number of fused-ring (bicyclic) bond motifs is 2. The first kappa shape index (κ1) is 18.3. The number of carbonyl (C=O) groups is 1. The van der Waals surface area contributed by atoms with E-state index in [2.05, 4.69) is 11.9 Å². The molecule has 1 aliphatic heterocycles. The van der Waals surface area contributed by atoms with Gasteiger partial charge in [0.25, 0.3) is 5.91 Å². The van der Waals surface area contributed by atoms with Crippen molar-refractivity contribution >= 4 is 50.7 Å². The molecule has 0 saturated heterocycles. The summed E-state index contributed by atoms with van der Waals surface area (Å²) in [6.45, 7) is 3.88. The van der Waals surface area contributed by atoms with E-state index in [1.165, 1.54) is 11.3 Å². The number of carbonyl (C=O) groups excluding carboxylic acids is 1. The number of benzene rings is 2. The van der Waals surface area contributed by atoms with Crippen molar-refractivity contribution in [3.63, 3.8) is 0 Å². The van der Waals surface area contributed by atoms with Crippen molar-refractivity contribution in [1.29, 1.82) is 0 Å². The number of ether oxygens (including phenoxy) is 2. The quantitative estimate of drug-likeness (QED) is 0.600. The molecule has 8 heteroatoms. The first-order valence-electron chi connectivity index (χ1n) is 8.54. The minimum absolute atomic E-state index is 0.289. The molecule has 2 aromatic carbocycles. The molecule has 140 valence electrons. The van der Waals surface area contributed by atoms with Crippen LogP contribution in [-0.4, -0.2) is 23.7 Å². The summed E-state index contributed by atoms with van der Waals surface area (Å²) in [4.78, 5) is 17.6. The fraction of sp³-hybridized carbons (Fsp3) is 0.263. The van der Waals surface area contributed by atoms with E-state index in [1.54, 1.807) is 18.2 Å². The maximum absolute atomic E-state index is 12.7. The maximum atomic E-state index is 12.7. The molecule has 1 aliphatic rings. The van der Waals surface area contributed by atoms with Crippen molar-refractivity contribution in [2.45, 2.75) is 19.9 Å². The monoisotopic (exact) mass is 422 g/mol. The minimum Gasteiger partial charge on any atom is -0.486 e. The van der Waals surface area contributed by atoms with Gasteiger partial charge in [0.1, 0.15) is 13.2 Å². The van der Waals surface area contributed by atoms with Gasteiger partial charge in [-0.25, -0.2) is 0 Å². The van der Waals surface area contributed by atoms with Gasteiger partial charge in [0.2, 0.25) is 0 Å². The van der Waals surface area contributed by atoms with Crippen LogP contribution in [0.25, 0.3) is 10.2 Å². The van der Waals surface area contributed by atoms with E-state index >= 15 is 0 Å². The Bertz CT molecular complexity index is 1100. The predicted octanol–water partition coefficient (Wildman–Crippen LogP) is 4.93. The molecule has 0 saturated carbocycles. The third kappa shape index (κ3) is 3.57. The highest BCUT2D eigenvalue weighted by Crippen LogP contribution is 2.35. The highest BCUT2D eigenvalue weighted by atomic mass is 35.5. The molecular formula is C19H16Cl2N2O3S. The normalized spacial score (nSPS) is 14.0. The molecule has 0 spiro atoms. The van der Waals surface area contributed by atoms with E-state index in [1.807, 2.05) is 16.7 Å². The van der Waals surface area contributed by atoms with Crippen LogP contribution in [0.4, 0.5) is 0 Å². The van der Waals surface area contributed by atoms with Crippen LogP contribution in [0.15, 0.2) is 35.3 Å². The number of nitrogens with zero attached hydrogens (tertiary/aromatic N) is 2. The summed E-state index contributed by atoms with van der Waals surface area (Å²) in [5.41, 5.74) is 1.30. The van der Waals surface area contributed by atoms with Crippen LogP contribution in [0.1, 0.15) is 23.7 Å². The lowest BCUT2D eigenvalue weighted by Gasteiger charge is -2.18. The molecule has 0 N–H and O–H groups in total. The Morgan fingerprint density at radius 1 is 1.19 bits per heavy atom. The van der Waals surface area contributed by atoms with Crippen molar-refractivity contribution in [1.82, 2.24) is 4.57 Å². The molecule has 0 fully saturated rings. The highest BCUT2D eigenvalue weighted by Gasteiger charge is 2.17. The summed E-state index contributed by atoms with van der Waals surface area (Å²) in [5.74, 6) is 1.04. The standard InChI is InChI=1S/C19H16Cl2N2O3S/c1-2-5-23-14-9-15-16(26-7-6-25-15)10-17(14)27-19(23)22-18(24)12-4-3-11(20)8-13(12)21/h3-4,8-10H,2,5-7H2,1H3. The number of hydrogen-bond donors (Lipinski definition) is 0. The molecule has 0 atom stereocenters. The largest absolute Gasteiger partial charge is 0.486 e. The fourth-order valence-electron chi connectivity index (χ4n) is 2.94. The molecule has 1 aromatic heterocycles. The first-order chi connectivity index (χ1) is 13.1. The van der Waals surface area contributed by atoms with E-state index in [-0.39, 0.29) is 5.02 Å². The van der Waals surface area contributed by atoms with Gasteiger partial charge in [-0.3, -0.25) is 4.79 Å². The zero-order valence-electron chi connectivity index (χ0n) is 14.5. The van der Waals surface area contributed by atoms with Crippen LogP contribution < -0.4 is 14.3 Å². The van der Waals surface area contributed by atoms with Crippen LogP contribution in [0, 0.1) is 0 Å². The van der Waals surface area contributed by atoms with E-state index in [0.29, 0.717) is 28.6 Å². The van der Waals surface area contributed by atoms with Crippen LogP contribution in [0.3, 0.4) is 0 Å². The number of hydrogen-bond acceptors (Lipinski definition) is 4. The Morgan fingerprint density at radius 3 is 2.63 bits per heavy atom.